The van der Waals surface area contributed by atoms with E-state index in [0.29, 0.717) is 33.7 Å². The number of alkyl halides is 6. The highest BCUT2D eigenvalue weighted by Gasteiger charge is 2.31. The van der Waals surface area contributed by atoms with Gasteiger partial charge in [-0.2, -0.15) is 26.3 Å². The quantitative estimate of drug-likeness (QED) is 0.246. The molecule has 9 heteroatoms. The molecule has 0 saturated heterocycles. The van der Waals surface area contributed by atoms with Crippen molar-refractivity contribution in [1.29, 1.82) is 0 Å². The number of halogens is 6. The average molecular weight is 483 g/mol. The van der Waals surface area contributed by atoms with Crippen molar-refractivity contribution in [3.63, 3.8) is 0 Å². The molecule has 176 valence electrons. The van der Waals surface area contributed by atoms with Crippen LogP contribution in [0.2, 0.25) is 0 Å². The number of hydrogen-bond acceptors (Lipinski definition) is 2. The fraction of sp³-hybridized carbons (Fsp3) is 0.0769. The van der Waals surface area contributed by atoms with Crippen molar-refractivity contribution < 1.29 is 26.3 Å². The van der Waals surface area contributed by atoms with Gasteiger partial charge in [0.25, 0.3) is 0 Å². The van der Waals surface area contributed by atoms with Gasteiger partial charge in [-0.05, 0) is 47.0 Å². The molecule has 0 amide bonds. The van der Waals surface area contributed by atoms with Crippen LogP contribution in [0.1, 0.15) is 11.1 Å². The summed E-state index contributed by atoms with van der Waals surface area (Å²) in [6.07, 6.45) is -7.25. The summed E-state index contributed by atoms with van der Waals surface area (Å²) in [6.45, 7) is 0. The van der Waals surface area contributed by atoms with Crippen molar-refractivity contribution in [1.82, 2.24) is 14.6 Å². The summed E-state index contributed by atoms with van der Waals surface area (Å²) in [5, 5.41) is 8.54. The van der Waals surface area contributed by atoms with Gasteiger partial charge in [0.1, 0.15) is 0 Å². The number of aromatic nitrogens is 3. The van der Waals surface area contributed by atoms with Crippen LogP contribution in [-0.4, -0.2) is 14.6 Å². The first-order chi connectivity index (χ1) is 16.6. The van der Waals surface area contributed by atoms with Gasteiger partial charge in [0.2, 0.25) is 0 Å². The molecule has 35 heavy (non-hydrogen) atoms. The lowest BCUT2D eigenvalue weighted by molar-refractivity contribution is -0.138. The summed E-state index contributed by atoms with van der Waals surface area (Å²) in [7, 11) is 0. The maximum absolute atomic E-state index is 13.1. The van der Waals surface area contributed by atoms with Crippen LogP contribution in [0.25, 0.3) is 39.3 Å². The Labute approximate surface area is 195 Å². The second kappa shape index (κ2) is 8.26. The lowest BCUT2D eigenvalue weighted by Crippen LogP contribution is -2.04. The van der Waals surface area contributed by atoms with Gasteiger partial charge in [-0.15, -0.1) is 10.2 Å². The van der Waals surface area contributed by atoms with E-state index in [1.807, 2.05) is 30.3 Å². The molecule has 0 N–H and O–H groups in total. The number of hydrogen-bond donors (Lipinski definition) is 0. The largest absolute Gasteiger partial charge is 0.416 e. The van der Waals surface area contributed by atoms with E-state index < -0.39 is 23.5 Å². The molecule has 0 aliphatic heterocycles. The summed E-state index contributed by atoms with van der Waals surface area (Å²) in [6, 6.07) is 20.2. The third kappa shape index (κ3) is 4.37. The maximum Gasteiger partial charge on any atom is 0.416 e. The first-order valence-electron chi connectivity index (χ1n) is 10.4. The van der Waals surface area contributed by atoms with Crippen molar-refractivity contribution in [2.24, 2.45) is 0 Å². The highest BCUT2D eigenvalue weighted by Crippen LogP contribution is 2.36. The zero-order valence-electron chi connectivity index (χ0n) is 17.8. The van der Waals surface area contributed by atoms with Crippen molar-refractivity contribution in [2.75, 3.05) is 0 Å². The van der Waals surface area contributed by atoms with Crippen molar-refractivity contribution in [2.45, 2.75) is 12.4 Å². The summed E-state index contributed by atoms with van der Waals surface area (Å²) in [4.78, 5) is 0. The fourth-order valence-electron chi connectivity index (χ4n) is 3.84. The summed E-state index contributed by atoms with van der Waals surface area (Å²) < 4.78 is 80.0. The molecule has 0 unspecified atom stereocenters. The predicted octanol–water partition coefficient (Wildman–Crippen LogP) is 7.77. The second-order valence-corrected chi connectivity index (χ2v) is 7.88. The molecule has 0 bridgehead atoms. The molecule has 0 atom stereocenters. The number of rotatable bonds is 3. The summed E-state index contributed by atoms with van der Waals surface area (Å²) in [5.41, 5.74) is 1.60. The lowest BCUT2D eigenvalue weighted by Gasteiger charge is -2.12. The Morgan fingerprint density at radius 1 is 0.543 bits per heavy atom. The third-order valence-corrected chi connectivity index (χ3v) is 5.61. The molecule has 0 spiro atoms. The fourth-order valence-corrected chi connectivity index (χ4v) is 3.84. The Balaban J connectivity index is 1.71. The minimum absolute atomic E-state index is 0.402. The van der Waals surface area contributed by atoms with Crippen LogP contribution < -0.4 is 0 Å². The molecule has 0 aliphatic rings. The van der Waals surface area contributed by atoms with Crippen LogP contribution in [0.4, 0.5) is 26.3 Å². The molecular weight excluding hydrogens is 468 g/mol. The van der Waals surface area contributed by atoms with E-state index in [9.17, 15) is 26.3 Å². The monoisotopic (exact) mass is 483 g/mol. The zero-order chi connectivity index (χ0) is 24.8. The second-order valence-electron chi connectivity index (χ2n) is 7.88. The van der Waals surface area contributed by atoms with Crippen molar-refractivity contribution in [3.8, 4) is 33.6 Å². The van der Waals surface area contributed by atoms with Crippen LogP contribution in [0.5, 0.6) is 0 Å². The summed E-state index contributed by atoms with van der Waals surface area (Å²) >= 11 is 0. The van der Waals surface area contributed by atoms with Gasteiger partial charge in [0.05, 0.1) is 11.1 Å². The minimum Gasteiger partial charge on any atom is -0.281 e. The maximum atomic E-state index is 13.1. The topological polar surface area (TPSA) is 30.2 Å². The number of pyridine rings is 1. The van der Waals surface area contributed by atoms with Crippen molar-refractivity contribution in [3.05, 3.63) is 102 Å². The Morgan fingerprint density at radius 3 is 1.63 bits per heavy atom. The normalized spacial score (nSPS) is 12.3. The zero-order valence-corrected chi connectivity index (χ0v) is 17.8. The molecular formula is C26H15F6N3. The SMILES string of the molecule is FC(F)(F)c1ccc(-c2cc(-c3ccc(C(F)(F)F)cc3)c3nnc(-c4ccccc4)n3c2)cc1. The molecule has 0 fully saturated rings. The lowest BCUT2D eigenvalue weighted by atomic mass is 9.99. The first-order valence-corrected chi connectivity index (χ1v) is 10.4. The van der Waals surface area contributed by atoms with Crippen LogP contribution in [-0.2, 0) is 12.4 Å². The van der Waals surface area contributed by atoms with Gasteiger partial charge >= 0.3 is 12.4 Å². The van der Waals surface area contributed by atoms with E-state index in [4.69, 9.17) is 0 Å². The molecule has 2 aromatic heterocycles. The highest BCUT2D eigenvalue weighted by atomic mass is 19.4. The molecule has 5 aromatic rings. The van der Waals surface area contributed by atoms with Gasteiger partial charge in [-0.1, -0.05) is 54.6 Å². The number of nitrogens with zero attached hydrogens (tertiary/aromatic N) is 3. The van der Waals surface area contributed by atoms with E-state index in [1.165, 1.54) is 24.3 Å². The molecule has 0 radical (unpaired) electrons. The van der Waals surface area contributed by atoms with Crippen molar-refractivity contribution >= 4 is 5.65 Å². The van der Waals surface area contributed by atoms with Crippen LogP contribution in [0.15, 0.2) is 91.1 Å². The van der Waals surface area contributed by atoms with Gasteiger partial charge in [-0.25, -0.2) is 0 Å². The Morgan fingerprint density at radius 2 is 1.09 bits per heavy atom. The highest BCUT2D eigenvalue weighted by molar-refractivity contribution is 5.83. The standard InChI is InChI=1S/C26H15F6N3/c27-25(28,29)20-10-6-16(7-11-20)19-14-22(17-8-12-21(13-9-17)26(30,31)32)24-34-33-23(35(24)15-19)18-4-2-1-3-5-18/h1-15H. The molecule has 2 heterocycles. The third-order valence-electron chi connectivity index (χ3n) is 5.61. The van der Waals surface area contributed by atoms with E-state index in [0.717, 1.165) is 29.8 Å². The van der Waals surface area contributed by atoms with E-state index >= 15 is 0 Å². The molecule has 5 rings (SSSR count). The number of fused-ring (bicyclic) bond motifs is 1. The Kier molecular flexibility index (Phi) is 5.35. The van der Waals surface area contributed by atoms with Gasteiger partial charge in [0.15, 0.2) is 11.5 Å². The van der Waals surface area contributed by atoms with Crippen LogP contribution in [0.3, 0.4) is 0 Å². The van der Waals surface area contributed by atoms with Gasteiger partial charge < -0.3 is 0 Å². The Bertz CT molecular complexity index is 1480. The number of benzene rings is 3. The molecule has 3 aromatic carbocycles. The van der Waals surface area contributed by atoms with Crippen LogP contribution >= 0.6 is 0 Å². The predicted molar refractivity (Wildman–Crippen MR) is 119 cm³/mol. The first kappa shape index (κ1) is 22.6. The smallest absolute Gasteiger partial charge is 0.281 e. The van der Waals surface area contributed by atoms with E-state index in [-0.39, 0.29) is 0 Å². The average Bonchev–Trinajstić information content (AvgIpc) is 3.27. The molecule has 0 saturated carbocycles. The molecule has 3 nitrogen and oxygen atoms in total. The minimum atomic E-state index is -4.48. The van der Waals surface area contributed by atoms with E-state index in [2.05, 4.69) is 10.2 Å². The van der Waals surface area contributed by atoms with E-state index in [1.54, 1.807) is 16.7 Å². The molecule has 0 aliphatic carbocycles. The summed E-state index contributed by atoms with van der Waals surface area (Å²) in [5.74, 6) is 0.488. The van der Waals surface area contributed by atoms with Crippen LogP contribution in [0, 0.1) is 0 Å². The van der Waals surface area contributed by atoms with Gasteiger partial charge in [-0.3, -0.25) is 4.40 Å². The Hall–Kier alpha value is -4.14. The van der Waals surface area contributed by atoms with Gasteiger partial charge in [0, 0.05) is 17.3 Å².